The van der Waals surface area contributed by atoms with Gasteiger partial charge in [-0.25, -0.2) is 0 Å². The Morgan fingerprint density at radius 2 is 1.97 bits per heavy atom. The zero-order valence-corrected chi connectivity index (χ0v) is 18.1. The Morgan fingerprint density at radius 3 is 2.73 bits per heavy atom. The van der Waals surface area contributed by atoms with Crippen molar-refractivity contribution in [1.29, 1.82) is 0 Å². The Hall–Kier alpha value is -2.44. The van der Waals surface area contributed by atoms with Crippen molar-refractivity contribution in [3.63, 3.8) is 0 Å². The number of fused-ring (bicyclic) bond motifs is 1. The van der Waals surface area contributed by atoms with Gasteiger partial charge in [-0.1, -0.05) is 29.8 Å². The number of ether oxygens (including phenoxy) is 1. The molecule has 0 bridgehead atoms. The fourth-order valence-electron chi connectivity index (χ4n) is 4.00. The SMILES string of the molecule is Cc1ccc(C=CC(=O)Nc2sc3c(c2C(=O)NCC2CCCO2)CCCC3)cc1. The molecule has 5 nitrogen and oxygen atoms in total. The van der Waals surface area contributed by atoms with Crippen LogP contribution in [-0.2, 0) is 22.4 Å². The van der Waals surface area contributed by atoms with E-state index in [1.165, 1.54) is 16.5 Å². The minimum Gasteiger partial charge on any atom is -0.376 e. The van der Waals surface area contributed by atoms with Crippen LogP contribution >= 0.6 is 11.3 Å². The summed E-state index contributed by atoms with van der Waals surface area (Å²) < 4.78 is 5.62. The lowest BCUT2D eigenvalue weighted by atomic mass is 9.95. The van der Waals surface area contributed by atoms with Gasteiger partial charge < -0.3 is 15.4 Å². The zero-order valence-electron chi connectivity index (χ0n) is 17.3. The number of benzene rings is 1. The molecular weight excluding hydrogens is 396 g/mol. The molecule has 6 heteroatoms. The predicted molar refractivity (Wildman–Crippen MR) is 121 cm³/mol. The summed E-state index contributed by atoms with van der Waals surface area (Å²) in [5, 5.41) is 6.64. The van der Waals surface area contributed by atoms with Crippen molar-refractivity contribution in [2.24, 2.45) is 0 Å². The summed E-state index contributed by atoms with van der Waals surface area (Å²) in [6, 6.07) is 7.99. The van der Waals surface area contributed by atoms with Gasteiger partial charge in [0.15, 0.2) is 0 Å². The van der Waals surface area contributed by atoms with Crippen LogP contribution in [0.25, 0.3) is 6.08 Å². The van der Waals surface area contributed by atoms with Crippen molar-refractivity contribution < 1.29 is 14.3 Å². The molecule has 1 fully saturated rings. The van der Waals surface area contributed by atoms with E-state index in [2.05, 4.69) is 10.6 Å². The van der Waals surface area contributed by atoms with Crippen molar-refractivity contribution in [3.05, 3.63) is 57.5 Å². The van der Waals surface area contributed by atoms with Crippen LogP contribution in [0, 0.1) is 6.92 Å². The maximum absolute atomic E-state index is 13.0. The first kappa shape index (κ1) is 20.8. The Labute approximate surface area is 181 Å². The second kappa shape index (κ2) is 9.58. The Kier molecular flexibility index (Phi) is 6.65. The largest absolute Gasteiger partial charge is 0.376 e. The molecular formula is C24H28N2O3S. The van der Waals surface area contributed by atoms with Crippen molar-refractivity contribution in [2.75, 3.05) is 18.5 Å². The number of carbonyl (C=O) groups is 2. The summed E-state index contributed by atoms with van der Waals surface area (Å²) in [6.45, 7) is 3.32. The molecule has 1 aliphatic carbocycles. The van der Waals surface area contributed by atoms with Gasteiger partial charge in [0.1, 0.15) is 5.00 Å². The van der Waals surface area contributed by atoms with Gasteiger partial charge in [-0.05, 0) is 62.7 Å². The second-order valence-electron chi connectivity index (χ2n) is 7.99. The standard InChI is InChI=1S/C24H28N2O3S/c1-16-8-10-17(11-9-16)12-13-21(27)26-24-22(19-6-2-3-7-20(19)30-24)23(28)25-15-18-5-4-14-29-18/h8-13,18H,2-7,14-15H2,1H3,(H,25,28)(H,26,27). The number of anilines is 1. The highest BCUT2D eigenvalue weighted by Gasteiger charge is 2.27. The minimum absolute atomic E-state index is 0.0962. The second-order valence-corrected chi connectivity index (χ2v) is 9.10. The highest BCUT2D eigenvalue weighted by atomic mass is 32.1. The lowest BCUT2D eigenvalue weighted by Crippen LogP contribution is -2.32. The molecule has 0 radical (unpaired) electrons. The van der Waals surface area contributed by atoms with E-state index in [1.54, 1.807) is 17.4 Å². The maximum atomic E-state index is 13.0. The fourth-order valence-corrected chi connectivity index (χ4v) is 5.29. The average molecular weight is 425 g/mol. The van der Waals surface area contributed by atoms with Crippen LogP contribution in [0.15, 0.2) is 30.3 Å². The maximum Gasteiger partial charge on any atom is 0.254 e. The van der Waals surface area contributed by atoms with Crippen molar-refractivity contribution in [2.45, 2.75) is 51.6 Å². The molecule has 4 rings (SSSR count). The molecule has 2 aromatic rings. The first-order valence-electron chi connectivity index (χ1n) is 10.7. The molecule has 2 N–H and O–H groups in total. The average Bonchev–Trinajstić information content (AvgIpc) is 3.39. The molecule has 2 heterocycles. The number of rotatable bonds is 6. The number of aryl methyl sites for hydroxylation is 2. The summed E-state index contributed by atoms with van der Waals surface area (Å²) in [5.41, 5.74) is 3.90. The Morgan fingerprint density at radius 1 is 1.17 bits per heavy atom. The Bertz CT molecular complexity index is 940. The molecule has 2 amide bonds. The lowest BCUT2D eigenvalue weighted by molar-refractivity contribution is -0.111. The van der Waals surface area contributed by atoms with Crippen molar-refractivity contribution in [1.82, 2.24) is 5.32 Å². The van der Waals surface area contributed by atoms with Crippen molar-refractivity contribution >= 4 is 34.2 Å². The highest BCUT2D eigenvalue weighted by Crippen LogP contribution is 2.38. The van der Waals surface area contributed by atoms with E-state index in [4.69, 9.17) is 4.74 Å². The normalized spacial score (nSPS) is 18.4. The smallest absolute Gasteiger partial charge is 0.254 e. The molecule has 30 heavy (non-hydrogen) atoms. The number of carbonyl (C=O) groups excluding carboxylic acids is 2. The van der Waals surface area contributed by atoms with Gasteiger partial charge in [-0.15, -0.1) is 11.3 Å². The number of thiophene rings is 1. The van der Waals surface area contributed by atoms with E-state index in [0.717, 1.165) is 56.3 Å². The third-order valence-corrected chi connectivity index (χ3v) is 6.86. The first-order chi connectivity index (χ1) is 14.6. The summed E-state index contributed by atoms with van der Waals surface area (Å²) >= 11 is 1.54. The molecule has 0 spiro atoms. The molecule has 1 atom stereocenters. The monoisotopic (exact) mass is 424 g/mol. The molecule has 1 aliphatic heterocycles. The highest BCUT2D eigenvalue weighted by molar-refractivity contribution is 7.17. The number of hydrogen-bond donors (Lipinski definition) is 2. The number of hydrogen-bond acceptors (Lipinski definition) is 4. The molecule has 0 saturated carbocycles. The minimum atomic E-state index is -0.220. The van der Waals surface area contributed by atoms with Crippen LogP contribution < -0.4 is 10.6 Å². The molecule has 158 valence electrons. The molecule has 1 saturated heterocycles. The van der Waals surface area contributed by atoms with E-state index in [0.29, 0.717) is 17.1 Å². The van der Waals surface area contributed by atoms with Gasteiger partial charge in [0.25, 0.3) is 5.91 Å². The molecule has 1 unspecified atom stereocenters. The summed E-state index contributed by atoms with van der Waals surface area (Å²) in [5.74, 6) is -0.329. The molecule has 1 aromatic heterocycles. The van der Waals surface area contributed by atoms with Crippen LogP contribution in [0.4, 0.5) is 5.00 Å². The Balaban J connectivity index is 1.48. The number of amides is 2. The van der Waals surface area contributed by atoms with Crippen LogP contribution in [-0.4, -0.2) is 31.1 Å². The van der Waals surface area contributed by atoms with Gasteiger partial charge in [-0.2, -0.15) is 0 Å². The van der Waals surface area contributed by atoms with Crippen molar-refractivity contribution in [3.8, 4) is 0 Å². The van der Waals surface area contributed by atoms with Gasteiger partial charge in [0.2, 0.25) is 5.91 Å². The van der Waals surface area contributed by atoms with E-state index >= 15 is 0 Å². The topological polar surface area (TPSA) is 67.4 Å². The lowest BCUT2D eigenvalue weighted by Gasteiger charge is -2.15. The molecule has 1 aromatic carbocycles. The van der Waals surface area contributed by atoms with Gasteiger partial charge in [-0.3, -0.25) is 9.59 Å². The van der Waals surface area contributed by atoms with E-state index in [1.807, 2.05) is 31.2 Å². The van der Waals surface area contributed by atoms with Gasteiger partial charge in [0.05, 0.1) is 11.7 Å². The van der Waals surface area contributed by atoms with E-state index in [9.17, 15) is 9.59 Å². The van der Waals surface area contributed by atoms with Crippen LogP contribution in [0.3, 0.4) is 0 Å². The fraction of sp³-hybridized carbons (Fsp3) is 0.417. The summed E-state index contributed by atoms with van der Waals surface area (Å²) in [6.07, 6.45) is 9.51. The van der Waals surface area contributed by atoms with Crippen LogP contribution in [0.5, 0.6) is 0 Å². The summed E-state index contributed by atoms with van der Waals surface area (Å²) in [4.78, 5) is 26.8. The summed E-state index contributed by atoms with van der Waals surface area (Å²) in [7, 11) is 0. The van der Waals surface area contributed by atoms with Crippen LogP contribution in [0.1, 0.15) is 57.6 Å². The quantitative estimate of drug-likeness (QED) is 0.671. The molecule has 2 aliphatic rings. The van der Waals surface area contributed by atoms with E-state index in [-0.39, 0.29) is 17.9 Å². The number of nitrogens with one attached hydrogen (secondary N) is 2. The zero-order chi connectivity index (χ0) is 20.9. The van der Waals surface area contributed by atoms with Gasteiger partial charge >= 0.3 is 0 Å². The third kappa shape index (κ3) is 4.99. The first-order valence-corrected chi connectivity index (χ1v) is 11.5. The van der Waals surface area contributed by atoms with Crippen LogP contribution in [0.2, 0.25) is 0 Å². The predicted octanol–water partition coefficient (Wildman–Crippen LogP) is 4.50. The van der Waals surface area contributed by atoms with Gasteiger partial charge in [0, 0.05) is 24.1 Å². The third-order valence-electron chi connectivity index (χ3n) is 5.65. The van der Waals surface area contributed by atoms with E-state index < -0.39 is 0 Å².